The van der Waals surface area contributed by atoms with Crippen LogP contribution in [-0.4, -0.2) is 32.5 Å². The summed E-state index contributed by atoms with van der Waals surface area (Å²) >= 11 is 3.19. The van der Waals surface area contributed by atoms with E-state index >= 15 is 0 Å². The van der Waals surface area contributed by atoms with Crippen LogP contribution in [0.2, 0.25) is 0 Å². The fourth-order valence-electron chi connectivity index (χ4n) is 3.75. The van der Waals surface area contributed by atoms with E-state index in [1.807, 2.05) is 29.2 Å². The third-order valence-corrected chi connectivity index (χ3v) is 6.91. The van der Waals surface area contributed by atoms with Crippen LogP contribution >= 0.6 is 23.1 Å². The number of thioether (sulfide) groups is 1. The van der Waals surface area contributed by atoms with Crippen LogP contribution in [0.25, 0.3) is 10.7 Å². The minimum Gasteiger partial charge on any atom is -0.308 e. The minimum atomic E-state index is 0.139. The Labute approximate surface area is 166 Å². The molecule has 0 bridgehead atoms. The third-order valence-electron chi connectivity index (χ3n) is 5.12. The Balaban J connectivity index is 1.36. The van der Waals surface area contributed by atoms with Crippen LogP contribution in [0.5, 0.6) is 0 Å². The Morgan fingerprint density at radius 3 is 2.85 bits per heavy atom. The van der Waals surface area contributed by atoms with Crippen molar-refractivity contribution in [1.29, 1.82) is 0 Å². The number of amides is 1. The first-order valence-electron chi connectivity index (χ1n) is 9.24. The van der Waals surface area contributed by atoms with Gasteiger partial charge in [0, 0.05) is 17.8 Å². The number of anilines is 1. The molecule has 1 atom stereocenters. The number of benzene rings is 1. The number of nitrogens with zero attached hydrogens (tertiary/aromatic N) is 4. The molecule has 1 saturated carbocycles. The Morgan fingerprint density at radius 2 is 2.07 bits per heavy atom. The van der Waals surface area contributed by atoms with Crippen molar-refractivity contribution in [3.63, 3.8) is 0 Å². The highest BCUT2D eigenvalue weighted by atomic mass is 32.2. The summed E-state index contributed by atoms with van der Waals surface area (Å²) < 4.78 is 2.23. The number of fused-ring (bicyclic) bond motifs is 1. The van der Waals surface area contributed by atoms with Crippen LogP contribution in [0.4, 0.5) is 5.69 Å². The lowest BCUT2D eigenvalue weighted by Crippen LogP contribution is -2.37. The zero-order chi connectivity index (χ0) is 18.4. The van der Waals surface area contributed by atoms with Crippen molar-refractivity contribution in [2.45, 2.75) is 43.4 Å². The molecule has 1 aliphatic heterocycles. The predicted molar refractivity (Wildman–Crippen MR) is 109 cm³/mol. The summed E-state index contributed by atoms with van der Waals surface area (Å²) in [6.45, 7) is 2.12. The molecule has 1 aliphatic carbocycles. The van der Waals surface area contributed by atoms with Gasteiger partial charge in [0.1, 0.15) is 0 Å². The molecule has 138 valence electrons. The normalized spacial score (nSPS) is 18.7. The van der Waals surface area contributed by atoms with Gasteiger partial charge in [-0.2, -0.15) is 0 Å². The van der Waals surface area contributed by atoms with Gasteiger partial charge in [-0.15, -0.1) is 21.5 Å². The van der Waals surface area contributed by atoms with Crippen LogP contribution in [0.3, 0.4) is 0 Å². The maximum Gasteiger partial charge on any atom is 0.237 e. The average molecular weight is 397 g/mol. The SMILES string of the molecule is C[C@@H]1Cc2ccccc2N1C(=O)CSc1nnc(-c2cccs2)n1C1CC1. The molecule has 0 radical (unpaired) electrons. The van der Waals surface area contributed by atoms with Crippen LogP contribution in [0.15, 0.2) is 46.9 Å². The highest BCUT2D eigenvalue weighted by molar-refractivity contribution is 7.99. The lowest BCUT2D eigenvalue weighted by molar-refractivity contribution is -0.116. The van der Waals surface area contributed by atoms with Crippen molar-refractivity contribution in [2.24, 2.45) is 0 Å². The zero-order valence-corrected chi connectivity index (χ0v) is 16.7. The molecule has 7 heteroatoms. The number of rotatable bonds is 5. The molecule has 0 spiro atoms. The molecule has 3 heterocycles. The van der Waals surface area contributed by atoms with E-state index in [1.54, 1.807) is 11.3 Å². The first-order valence-corrected chi connectivity index (χ1v) is 11.1. The van der Waals surface area contributed by atoms with Crippen molar-refractivity contribution in [3.8, 4) is 10.7 Å². The summed E-state index contributed by atoms with van der Waals surface area (Å²) in [6, 6.07) is 13.0. The van der Waals surface area contributed by atoms with Gasteiger partial charge >= 0.3 is 0 Å². The number of hydrogen-bond acceptors (Lipinski definition) is 5. The van der Waals surface area contributed by atoms with Gasteiger partial charge in [-0.3, -0.25) is 9.36 Å². The van der Waals surface area contributed by atoms with Gasteiger partial charge in [0.2, 0.25) is 5.91 Å². The Hall–Kier alpha value is -2.12. The van der Waals surface area contributed by atoms with E-state index in [0.717, 1.165) is 40.8 Å². The highest BCUT2D eigenvalue weighted by Gasteiger charge is 2.33. The molecule has 0 saturated heterocycles. The Bertz CT molecular complexity index is 978. The molecule has 2 aromatic heterocycles. The average Bonchev–Trinajstić information content (AvgIpc) is 3.09. The summed E-state index contributed by atoms with van der Waals surface area (Å²) in [5.74, 6) is 1.45. The monoisotopic (exact) mass is 396 g/mol. The molecule has 1 fully saturated rings. The minimum absolute atomic E-state index is 0.139. The van der Waals surface area contributed by atoms with Crippen molar-refractivity contribution in [3.05, 3.63) is 47.3 Å². The van der Waals surface area contributed by atoms with Crippen molar-refractivity contribution < 1.29 is 4.79 Å². The molecular formula is C20H20N4OS2. The molecule has 2 aliphatic rings. The molecule has 0 unspecified atom stereocenters. The van der Waals surface area contributed by atoms with Crippen LogP contribution < -0.4 is 4.90 Å². The maximum absolute atomic E-state index is 13.0. The Kier molecular flexibility index (Phi) is 4.28. The second-order valence-corrected chi connectivity index (χ2v) is 9.01. The van der Waals surface area contributed by atoms with Gasteiger partial charge in [-0.05, 0) is 49.3 Å². The maximum atomic E-state index is 13.0. The van der Waals surface area contributed by atoms with Crippen molar-refractivity contribution >= 4 is 34.7 Å². The molecule has 1 amide bonds. The molecule has 27 heavy (non-hydrogen) atoms. The van der Waals surface area contributed by atoms with Gasteiger partial charge in [-0.25, -0.2) is 0 Å². The quantitative estimate of drug-likeness (QED) is 0.600. The number of thiophene rings is 1. The molecular weight excluding hydrogens is 376 g/mol. The fourth-order valence-corrected chi connectivity index (χ4v) is 5.32. The smallest absolute Gasteiger partial charge is 0.237 e. The standard InChI is InChI=1S/C20H20N4OS2/c1-13-11-14-5-2-3-6-16(14)23(13)18(25)12-27-20-22-21-19(17-7-4-10-26-17)24(20)15-8-9-15/h2-7,10,13,15H,8-9,11-12H2,1H3/t13-/m1/s1. The number of carbonyl (C=O) groups is 1. The van der Waals surface area contributed by atoms with E-state index < -0.39 is 0 Å². The number of para-hydroxylation sites is 1. The van der Waals surface area contributed by atoms with E-state index in [1.165, 1.54) is 17.3 Å². The van der Waals surface area contributed by atoms with Crippen LogP contribution in [0.1, 0.15) is 31.4 Å². The van der Waals surface area contributed by atoms with E-state index in [0.29, 0.717) is 11.8 Å². The van der Waals surface area contributed by atoms with E-state index in [4.69, 9.17) is 0 Å². The summed E-state index contributed by atoms with van der Waals surface area (Å²) in [4.78, 5) is 16.1. The van der Waals surface area contributed by atoms with Crippen molar-refractivity contribution in [2.75, 3.05) is 10.7 Å². The highest BCUT2D eigenvalue weighted by Crippen LogP contribution is 2.42. The van der Waals surface area contributed by atoms with Gasteiger partial charge in [0.15, 0.2) is 11.0 Å². The first kappa shape index (κ1) is 17.0. The third kappa shape index (κ3) is 3.08. The van der Waals surface area contributed by atoms with Gasteiger partial charge in [-0.1, -0.05) is 36.0 Å². The topological polar surface area (TPSA) is 51.0 Å². The largest absolute Gasteiger partial charge is 0.308 e. The van der Waals surface area contributed by atoms with E-state index in [-0.39, 0.29) is 11.9 Å². The number of hydrogen-bond donors (Lipinski definition) is 0. The predicted octanol–water partition coefficient (Wildman–Crippen LogP) is 4.41. The zero-order valence-electron chi connectivity index (χ0n) is 15.0. The summed E-state index contributed by atoms with van der Waals surface area (Å²) in [7, 11) is 0. The molecule has 5 nitrogen and oxygen atoms in total. The van der Waals surface area contributed by atoms with Gasteiger partial charge in [0.25, 0.3) is 0 Å². The second kappa shape index (κ2) is 6.80. The molecule has 5 rings (SSSR count). The van der Waals surface area contributed by atoms with Crippen LogP contribution in [-0.2, 0) is 11.2 Å². The number of carbonyl (C=O) groups excluding carboxylic acids is 1. The molecule has 0 N–H and O–H groups in total. The molecule has 3 aromatic rings. The second-order valence-electron chi connectivity index (χ2n) is 7.12. The summed E-state index contributed by atoms with van der Waals surface area (Å²) in [6.07, 6.45) is 3.25. The van der Waals surface area contributed by atoms with Gasteiger partial charge < -0.3 is 4.90 Å². The fraction of sp³-hybridized carbons (Fsp3) is 0.350. The van der Waals surface area contributed by atoms with Crippen LogP contribution in [0, 0.1) is 0 Å². The van der Waals surface area contributed by atoms with E-state index in [9.17, 15) is 4.79 Å². The lowest BCUT2D eigenvalue weighted by atomic mass is 10.1. The summed E-state index contributed by atoms with van der Waals surface area (Å²) in [5.41, 5.74) is 2.31. The summed E-state index contributed by atoms with van der Waals surface area (Å²) in [5, 5.41) is 11.7. The lowest BCUT2D eigenvalue weighted by Gasteiger charge is -2.22. The Morgan fingerprint density at radius 1 is 1.22 bits per heavy atom. The van der Waals surface area contributed by atoms with Crippen molar-refractivity contribution in [1.82, 2.24) is 14.8 Å². The molecule has 1 aromatic carbocycles. The number of aromatic nitrogens is 3. The van der Waals surface area contributed by atoms with Gasteiger partial charge in [0.05, 0.1) is 10.6 Å². The first-order chi connectivity index (χ1) is 13.2. The van der Waals surface area contributed by atoms with E-state index in [2.05, 4.69) is 39.2 Å².